The number of hydrogen-bond acceptors (Lipinski definition) is 2. The molecule has 0 radical (unpaired) electrons. The number of alkyl halides is 3. The van der Waals surface area contributed by atoms with E-state index in [1.807, 2.05) is 20.8 Å². The summed E-state index contributed by atoms with van der Waals surface area (Å²) < 4.78 is 93.4. The lowest BCUT2D eigenvalue weighted by atomic mass is 9.81. The summed E-state index contributed by atoms with van der Waals surface area (Å²) in [7, 11) is 0. The molecule has 0 fully saturated rings. The zero-order valence-electron chi connectivity index (χ0n) is 15.0. The molecular weight excluding hydrogens is 365 g/mol. The van der Waals surface area contributed by atoms with Gasteiger partial charge in [-0.05, 0) is 25.7 Å². The molecule has 0 amide bonds. The van der Waals surface area contributed by atoms with Gasteiger partial charge in [-0.15, -0.1) is 0 Å². The summed E-state index contributed by atoms with van der Waals surface area (Å²) in [6.07, 6.45) is -3.55. The van der Waals surface area contributed by atoms with E-state index in [1.165, 1.54) is 0 Å². The van der Waals surface area contributed by atoms with Crippen molar-refractivity contribution in [3.8, 4) is 6.19 Å². The average Bonchev–Trinajstić information content (AvgIpc) is 2.41. The predicted octanol–water partition coefficient (Wildman–Crippen LogP) is 5.76. The smallest absolute Gasteiger partial charge is 0.300 e. The number of benzene rings is 1. The monoisotopic (exact) mass is 384 g/mol. The second-order valence-electron chi connectivity index (χ2n) is 7.84. The number of nitriles is 1. The van der Waals surface area contributed by atoms with E-state index in [0.717, 1.165) is 4.90 Å². The van der Waals surface area contributed by atoms with Gasteiger partial charge in [-0.25, -0.2) is 17.6 Å². The predicted molar refractivity (Wildman–Crippen MR) is 80.6 cm³/mol. The Morgan fingerprint density at radius 2 is 1.27 bits per heavy atom. The highest BCUT2D eigenvalue weighted by Crippen LogP contribution is 2.38. The van der Waals surface area contributed by atoms with Crippen LogP contribution in [0.2, 0.25) is 0 Å². The van der Waals surface area contributed by atoms with Crippen LogP contribution in [-0.2, 0) is 12.7 Å². The molecule has 0 saturated carbocycles. The highest BCUT2D eigenvalue weighted by Gasteiger charge is 2.43. The van der Waals surface area contributed by atoms with Gasteiger partial charge in [0.25, 0.3) is 0 Å². The van der Waals surface area contributed by atoms with Gasteiger partial charge < -0.3 is 4.90 Å². The van der Waals surface area contributed by atoms with E-state index >= 15 is 0 Å². The van der Waals surface area contributed by atoms with Crippen molar-refractivity contribution in [3.63, 3.8) is 0 Å². The summed E-state index contributed by atoms with van der Waals surface area (Å²) in [5.74, 6) is -9.39. The summed E-state index contributed by atoms with van der Waals surface area (Å²) >= 11 is 0. The van der Waals surface area contributed by atoms with Crippen LogP contribution < -0.4 is 0 Å². The normalized spacial score (nSPS) is 12.9. The molecule has 0 spiro atoms. The average molecular weight is 384 g/mol. The van der Waals surface area contributed by atoms with Crippen molar-refractivity contribution in [2.24, 2.45) is 5.41 Å². The molecule has 0 N–H and O–H groups in total. The molecule has 0 saturated heterocycles. The van der Waals surface area contributed by atoms with Gasteiger partial charge >= 0.3 is 6.18 Å². The van der Waals surface area contributed by atoms with Crippen LogP contribution in [0.15, 0.2) is 0 Å². The molecule has 2 nitrogen and oxygen atoms in total. The molecule has 1 aromatic carbocycles. The minimum absolute atomic E-state index is 0.299. The zero-order valence-corrected chi connectivity index (χ0v) is 15.0. The van der Waals surface area contributed by atoms with Gasteiger partial charge in [0.1, 0.15) is 5.56 Å². The van der Waals surface area contributed by atoms with Crippen molar-refractivity contribution >= 4 is 0 Å². The number of hydrogen-bond donors (Lipinski definition) is 0. The lowest BCUT2D eigenvalue weighted by Gasteiger charge is -2.39. The standard InChI is InChI=1S/C17H19F7N2/c1-15(2,3)7-16(4,5)26(8-25)6-9-11(18)13(20)10(17(22,23)24)14(21)12(9)19/h6-7H2,1-5H3. The molecule has 0 aliphatic rings. The van der Waals surface area contributed by atoms with E-state index in [-0.39, 0.29) is 5.41 Å². The second-order valence-corrected chi connectivity index (χ2v) is 7.84. The maximum absolute atomic E-state index is 14.0. The molecule has 0 aliphatic carbocycles. The minimum Gasteiger partial charge on any atom is -0.300 e. The fraction of sp³-hybridized carbons (Fsp3) is 0.588. The Morgan fingerprint density at radius 3 is 1.58 bits per heavy atom. The van der Waals surface area contributed by atoms with Crippen LogP contribution in [-0.4, -0.2) is 10.4 Å². The fourth-order valence-corrected chi connectivity index (χ4v) is 3.00. The fourth-order valence-electron chi connectivity index (χ4n) is 3.00. The molecule has 0 aromatic heterocycles. The van der Waals surface area contributed by atoms with Crippen LogP contribution in [0.25, 0.3) is 0 Å². The molecule has 0 atom stereocenters. The topological polar surface area (TPSA) is 27.0 Å². The molecule has 146 valence electrons. The van der Waals surface area contributed by atoms with Gasteiger partial charge in [0.15, 0.2) is 29.5 Å². The van der Waals surface area contributed by atoms with E-state index < -0.39 is 52.7 Å². The van der Waals surface area contributed by atoms with Crippen molar-refractivity contribution in [2.45, 2.75) is 59.3 Å². The largest absolute Gasteiger partial charge is 0.422 e. The van der Waals surface area contributed by atoms with E-state index in [4.69, 9.17) is 0 Å². The minimum atomic E-state index is -5.60. The Balaban J connectivity index is 3.44. The highest BCUT2D eigenvalue weighted by molar-refractivity contribution is 5.32. The number of nitrogens with zero attached hydrogens (tertiary/aromatic N) is 2. The maximum Gasteiger partial charge on any atom is 0.422 e. The first-order chi connectivity index (χ1) is 11.5. The summed E-state index contributed by atoms with van der Waals surface area (Å²) in [5, 5.41) is 9.29. The molecule has 0 unspecified atom stereocenters. The van der Waals surface area contributed by atoms with Gasteiger partial charge in [-0.3, -0.25) is 0 Å². The van der Waals surface area contributed by atoms with Crippen LogP contribution in [0.1, 0.15) is 52.2 Å². The quantitative estimate of drug-likeness (QED) is 0.286. The Morgan fingerprint density at radius 1 is 0.846 bits per heavy atom. The van der Waals surface area contributed by atoms with Crippen molar-refractivity contribution in [1.29, 1.82) is 5.26 Å². The Kier molecular flexibility index (Phi) is 5.91. The third-order valence-electron chi connectivity index (χ3n) is 3.77. The van der Waals surface area contributed by atoms with E-state index in [0.29, 0.717) is 6.42 Å². The van der Waals surface area contributed by atoms with Gasteiger partial charge in [0, 0.05) is 11.1 Å². The molecule has 1 rings (SSSR count). The lowest BCUT2D eigenvalue weighted by molar-refractivity contribution is -0.143. The van der Waals surface area contributed by atoms with Crippen LogP contribution in [0, 0.1) is 40.1 Å². The summed E-state index contributed by atoms with van der Waals surface area (Å²) in [6, 6.07) is 0. The molecule has 0 aliphatic heterocycles. The SMILES string of the molecule is CC(C)(C)CC(C)(C)N(C#N)Cc1c(F)c(F)c(C(F)(F)F)c(F)c1F. The molecule has 0 bridgehead atoms. The third-order valence-corrected chi connectivity index (χ3v) is 3.77. The van der Waals surface area contributed by atoms with Crippen LogP contribution in [0.5, 0.6) is 0 Å². The Bertz CT molecular complexity index is 696. The summed E-state index contributed by atoms with van der Waals surface area (Å²) in [5.41, 5.74) is -5.17. The first-order valence-electron chi connectivity index (χ1n) is 7.62. The molecule has 0 heterocycles. The van der Waals surface area contributed by atoms with Gasteiger partial charge in [0.2, 0.25) is 0 Å². The highest BCUT2D eigenvalue weighted by atomic mass is 19.4. The van der Waals surface area contributed by atoms with E-state index in [1.54, 1.807) is 20.0 Å². The van der Waals surface area contributed by atoms with Crippen molar-refractivity contribution in [3.05, 3.63) is 34.4 Å². The van der Waals surface area contributed by atoms with E-state index in [2.05, 4.69) is 0 Å². The molecule has 9 heteroatoms. The lowest BCUT2D eigenvalue weighted by Crippen LogP contribution is -2.43. The van der Waals surface area contributed by atoms with Gasteiger partial charge in [0.05, 0.1) is 6.54 Å². The maximum atomic E-state index is 14.0. The zero-order chi connectivity index (χ0) is 20.7. The first kappa shape index (κ1) is 22.1. The Labute approximate surface area is 147 Å². The van der Waals surface area contributed by atoms with Crippen LogP contribution in [0.4, 0.5) is 30.7 Å². The van der Waals surface area contributed by atoms with Crippen LogP contribution >= 0.6 is 0 Å². The van der Waals surface area contributed by atoms with Gasteiger partial charge in [-0.1, -0.05) is 20.8 Å². The summed E-state index contributed by atoms with van der Waals surface area (Å²) in [6.45, 7) is 7.79. The molecule has 1 aromatic rings. The van der Waals surface area contributed by atoms with Crippen molar-refractivity contribution in [1.82, 2.24) is 4.90 Å². The van der Waals surface area contributed by atoms with Crippen molar-refractivity contribution < 1.29 is 30.7 Å². The second kappa shape index (κ2) is 6.97. The number of rotatable bonds is 4. The third kappa shape index (κ3) is 4.59. The van der Waals surface area contributed by atoms with Crippen molar-refractivity contribution in [2.75, 3.05) is 0 Å². The molecular formula is C17H19F7N2. The Hall–Kier alpha value is -1.98. The van der Waals surface area contributed by atoms with Gasteiger partial charge in [-0.2, -0.15) is 18.4 Å². The van der Waals surface area contributed by atoms with Crippen LogP contribution in [0.3, 0.4) is 0 Å². The number of halogens is 7. The summed E-state index contributed by atoms with van der Waals surface area (Å²) in [4.78, 5) is 0.881. The molecule has 26 heavy (non-hydrogen) atoms. The first-order valence-corrected chi connectivity index (χ1v) is 7.62. The van der Waals surface area contributed by atoms with E-state index in [9.17, 15) is 36.0 Å².